The average Bonchev–Trinajstić information content (AvgIpc) is 3.79. The van der Waals surface area contributed by atoms with Crippen molar-refractivity contribution in [1.29, 1.82) is 0 Å². The van der Waals surface area contributed by atoms with Crippen molar-refractivity contribution in [2.45, 2.75) is 193 Å². The molecule has 0 aromatic heterocycles. The van der Waals surface area contributed by atoms with Gasteiger partial charge in [0.2, 0.25) is 11.8 Å². The molecule has 8 nitrogen and oxygen atoms in total. The van der Waals surface area contributed by atoms with E-state index in [1.807, 2.05) is 36.4 Å². The summed E-state index contributed by atoms with van der Waals surface area (Å²) in [6, 6.07) is 15.4. The van der Waals surface area contributed by atoms with Gasteiger partial charge in [-0.3, -0.25) is 14.4 Å². The van der Waals surface area contributed by atoms with E-state index in [2.05, 4.69) is 36.2 Å². The summed E-state index contributed by atoms with van der Waals surface area (Å²) in [6.07, 6.45) is 29.9. The number of benzene rings is 2. The third-order valence-corrected chi connectivity index (χ3v) is 12.2. The van der Waals surface area contributed by atoms with Crippen molar-refractivity contribution in [3.63, 3.8) is 0 Å². The molecule has 8 heteroatoms. The van der Waals surface area contributed by atoms with Crippen molar-refractivity contribution < 1.29 is 23.9 Å². The Morgan fingerprint density at radius 3 is 1.85 bits per heavy atom. The number of esters is 1. The molecule has 2 aromatic carbocycles. The summed E-state index contributed by atoms with van der Waals surface area (Å²) >= 11 is 0. The minimum atomic E-state index is -0.790. The summed E-state index contributed by atoms with van der Waals surface area (Å²) in [5, 5.41) is 3.19. The Balaban J connectivity index is 1.64. The number of nitrogens with one attached hydrogen (secondary N) is 1. The van der Waals surface area contributed by atoms with Gasteiger partial charge in [0.25, 0.3) is 0 Å². The monoisotopic (exact) mass is 832 g/mol. The fraction of sp³-hybridized carbons (Fsp3) is 0.712. The Hall–Kier alpha value is -3.39. The molecule has 0 radical (unpaired) electrons. The lowest BCUT2D eigenvalue weighted by Crippen LogP contribution is -2.45. The maximum atomic E-state index is 14.4. The summed E-state index contributed by atoms with van der Waals surface area (Å²) in [6.45, 7) is 8.85. The van der Waals surface area contributed by atoms with E-state index in [9.17, 15) is 14.4 Å². The minimum Gasteiger partial charge on any atom is -0.497 e. The number of methoxy groups -OCH3 is 1. The summed E-state index contributed by atoms with van der Waals surface area (Å²) in [4.78, 5) is 45.8. The van der Waals surface area contributed by atoms with Crippen LogP contribution in [0.25, 0.3) is 0 Å². The topological polar surface area (TPSA) is 88.2 Å². The van der Waals surface area contributed by atoms with Crippen LogP contribution >= 0.6 is 0 Å². The molecule has 0 aliphatic carbocycles. The molecule has 1 fully saturated rings. The van der Waals surface area contributed by atoms with E-state index < -0.39 is 6.04 Å². The van der Waals surface area contributed by atoms with E-state index in [4.69, 9.17) is 9.47 Å². The molecule has 0 bridgehead atoms. The highest BCUT2D eigenvalue weighted by atomic mass is 16.5. The first-order valence-corrected chi connectivity index (χ1v) is 24.6. The smallest absolute Gasteiger partial charge is 0.306 e. The molecule has 1 aliphatic heterocycles. The van der Waals surface area contributed by atoms with E-state index in [0.717, 1.165) is 68.6 Å². The van der Waals surface area contributed by atoms with Crippen molar-refractivity contribution in [1.82, 2.24) is 15.1 Å². The minimum absolute atomic E-state index is 0.0177. The first-order chi connectivity index (χ1) is 29.4. The Morgan fingerprint density at radius 1 is 0.667 bits per heavy atom. The number of nitrogens with zero attached hydrogens (tertiary/aromatic N) is 2. The fourth-order valence-corrected chi connectivity index (χ4v) is 8.50. The molecule has 1 N–H and O–H groups in total. The van der Waals surface area contributed by atoms with Crippen LogP contribution in [-0.2, 0) is 32.0 Å². The summed E-state index contributed by atoms with van der Waals surface area (Å²) in [7, 11) is 1.65. The van der Waals surface area contributed by atoms with E-state index >= 15 is 0 Å². The largest absolute Gasteiger partial charge is 0.497 e. The number of aryl methyl sites for hydroxylation is 1. The van der Waals surface area contributed by atoms with Crippen LogP contribution in [0.1, 0.15) is 197 Å². The van der Waals surface area contributed by atoms with Crippen molar-refractivity contribution >= 4 is 17.8 Å². The van der Waals surface area contributed by atoms with Gasteiger partial charge in [0.05, 0.1) is 20.1 Å². The highest BCUT2D eigenvalue weighted by Crippen LogP contribution is 2.26. The van der Waals surface area contributed by atoms with Crippen molar-refractivity contribution in [3.8, 4) is 5.75 Å². The SMILES string of the molecule is CCCCCCCCCCCCOC(=O)CCC(=O)N(CCCN1CCCC1)C(C(=O)NCCc1ccc(OC)cc1)c1cccc(CCCCCCCCCCCC)c1. The second-order valence-corrected chi connectivity index (χ2v) is 17.4. The Bertz CT molecular complexity index is 1410. The molecule has 2 amide bonds. The van der Waals surface area contributed by atoms with Crippen LogP contribution in [0.4, 0.5) is 0 Å². The average molecular weight is 832 g/mol. The van der Waals surface area contributed by atoms with Gasteiger partial charge >= 0.3 is 5.97 Å². The lowest BCUT2D eigenvalue weighted by molar-refractivity contribution is -0.147. The van der Waals surface area contributed by atoms with Gasteiger partial charge in [-0.2, -0.15) is 0 Å². The van der Waals surface area contributed by atoms with E-state index in [0.29, 0.717) is 26.1 Å². The Morgan fingerprint density at radius 2 is 1.25 bits per heavy atom. The summed E-state index contributed by atoms with van der Waals surface area (Å²) in [5.74, 6) is 0.0990. The third-order valence-electron chi connectivity index (χ3n) is 12.2. The second-order valence-electron chi connectivity index (χ2n) is 17.4. The molecule has 1 saturated heterocycles. The maximum Gasteiger partial charge on any atom is 0.306 e. The second kappa shape index (κ2) is 33.3. The zero-order chi connectivity index (χ0) is 42.9. The standard InChI is InChI=1S/C52H85N3O5/c1-4-6-8-10-12-14-16-18-20-22-28-46-29-26-30-47(44-46)51(52(58)53-38-37-45-31-33-48(59-3)34-32-45)55(42-27-41-54-39-23-24-40-54)49(56)35-36-50(57)60-43-25-21-19-17-15-13-11-9-7-5-2/h26,29-34,44,51H,4-25,27-28,35-43H2,1-3H3,(H,53,58). The molecule has 1 unspecified atom stereocenters. The molecule has 1 aliphatic rings. The van der Waals surface area contributed by atoms with Crippen LogP contribution in [0.15, 0.2) is 48.5 Å². The highest BCUT2D eigenvalue weighted by Gasteiger charge is 2.32. The Kier molecular flexibility index (Phi) is 28.3. The third kappa shape index (κ3) is 22.5. The molecular weight excluding hydrogens is 747 g/mol. The van der Waals surface area contributed by atoms with Gasteiger partial charge in [-0.25, -0.2) is 0 Å². The first kappa shape index (κ1) is 51.0. The first-order valence-electron chi connectivity index (χ1n) is 24.6. The maximum absolute atomic E-state index is 14.4. The molecule has 0 spiro atoms. The lowest BCUT2D eigenvalue weighted by Gasteiger charge is -2.32. The predicted octanol–water partition coefficient (Wildman–Crippen LogP) is 12.1. The Labute approximate surface area is 366 Å². The molecule has 60 heavy (non-hydrogen) atoms. The van der Waals surface area contributed by atoms with Crippen LogP contribution in [0.3, 0.4) is 0 Å². The number of hydrogen-bond donors (Lipinski definition) is 1. The number of likely N-dealkylation sites (tertiary alicyclic amines) is 1. The van der Waals surface area contributed by atoms with Gasteiger partial charge in [0.1, 0.15) is 11.8 Å². The van der Waals surface area contributed by atoms with Crippen molar-refractivity contribution in [2.75, 3.05) is 46.4 Å². The number of ether oxygens (including phenoxy) is 2. The number of rotatable bonds is 36. The molecule has 1 heterocycles. The number of amides is 2. The van der Waals surface area contributed by atoms with Gasteiger partial charge in [0, 0.05) is 19.5 Å². The van der Waals surface area contributed by atoms with Gasteiger partial charge in [-0.15, -0.1) is 0 Å². The van der Waals surface area contributed by atoms with Crippen molar-refractivity contribution in [2.24, 2.45) is 0 Å². The van der Waals surface area contributed by atoms with E-state index in [1.165, 1.54) is 128 Å². The number of carbonyl (C=O) groups excluding carboxylic acids is 3. The predicted molar refractivity (Wildman–Crippen MR) is 248 cm³/mol. The van der Waals surface area contributed by atoms with E-state index in [-0.39, 0.29) is 30.6 Å². The number of hydrogen-bond acceptors (Lipinski definition) is 6. The van der Waals surface area contributed by atoms with Gasteiger partial charge in [-0.1, -0.05) is 166 Å². The van der Waals surface area contributed by atoms with Gasteiger partial charge in [-0.05, 0) is 93.4 Å². The molecule has 2 aromatic rings. The van der Waals surface area contributed by atoms with Crippen LogP contribution in [0.2, 0.25) is 0 Å². The van der Waals surface area contributed by atoms with Crippen LogP contribution in [0.5, 0.6) is 5.75 Å². The highest BCUT2D eigenvalue weighted by molar-refractivity contribution is 5.90. The molecule has 3 rings (SSSR count). The van der Waals surface area contributed by atoms with E-state index in [1.54, 1.807) is 12.0 Å². The van der Waals surface area contributed by atoms with Crippen molar-refractivity contribution in [3.05, 3.63) is 65.2 Å². The zero-order valence-electron chi connectivity index (χ0n) is 38.5. The fourth-order valence-electron chi connectivity index (χ4n) is 8.50. The number of carbonyl (C=O) groups is 3. The molecular formula is C52H85N3O5. The van der Waals surface area contributed by atoms with Crippen LogP contribution in [-0.4, -0.2) is 74.0 Å². The molecule has 338 valence electrons. The van der Waals surface area contributed by atoms with Gasteiger partial charge < -0.3 is 24.6 Å². The van der Waals surface area contributed by atoms with Crippen LogP contribution in [0, 0.1) is 0 Å². The summed E-state index contributed by atoms with van der Waals surface area (Å²) < 4.78 is 10.9. The normalized spacial score (nSPS) is 13.3. The molecule has 1 atom stereocenters. The quantitative estimate of drug-likeness (QED) is 0.0543. The summed E-state index contributed by atoms with van der Waals surface area (Å²) in [5.41, 5.74) is 3.13. The van der Waals surface area contributed by atoms with Gasteiger partial charge in [0.15, 0.2) is 0 Å². The number of unbranched alkanes of at least 4 members (excludes halogenated alkanes) is 18. The lowest BCUT2D eigenvalue weighted by atomic mass is 9.97. The zero-order valence-corrected chi connectivity index (χ0v) is 38.5. The van der Waals surface area contributed by atoms with Crippen LogP contribution < -0.4 is 10.1 Å². The molecule has 0 saturated carbocycles.